The molecule has 1 aromatic heterocycles. The minimum absolute atomic E-state index is 0.0217. The zero-order valence-corrected chi connectivity index (χ0v) is 22.6. The van der Waals surface area contributed by atoms with E-state index in [9.17, 15) is 18.3 Å². The number of piperidine rings is 1. The van der Waals surface area contributed by atoms with E-state index in [0.29, 0.717) is 12.6 Å². The molecular formula is C27H31ClF3N5O4. The summed E-state index contributed by atoms with van der Waals surface area (Å²) in [6.07, 6.45) is -1.78. The van der Waals surface area contributed by atoms with Crippen LogP contribution in [0.25, 0.3) is 10.9 Å². The maximum Gasteiger partial charge on any atom is 0.490 e. The molecule has 2 atom stereocenters. The third-order valence-electron chi connectivity index (χ3n) is 7.01. The van der Waals surface area contributed by atoms with Crippen molar-refractivity contribution in [1.29, 1.82) is 0 Å². The average molecular weight is 582 g/mol. The number of aromatic nitrogens is 2. The summed E-state index contributed by atoms with van der Waals surface area (Å²) < 4.78 is 37.1. The molecule has 1 unspecified atom stereocenters. The van der Waals surface area contributed by atoms with Crippen LogP contribution in [0.4, 0.5) is 19.0 Å². The number of likely N-dealkylation sites (tertiary alicyclic amines) is 1. The van der Waals surface area contributed by atoms with Crippen LogP contribution in [-0.4, -0.2) is 88.7 Å². The third kappa shape index (κ3) is 7.72. The Morgan fingerprint density at radius 1 is 1.12 bits per heavy atom. The van der Waals surface area contributed by atoms with Crippen LogP contribution in [0, 0.1) is 0 Å². The van der Waals surface area contributed by atoms with E-state index in [2.05, 4.69) is 37.2 Å². The van der Waals surface area contributed by atoms with Gasteiger partial charge in [-0.3, -0.25) is 4.90 Å². The summed E-state index contributed by atoms with van der Waals surface area (Å²) >= 11 is 6.00. The molecule has 40 heavy (non-hydrogen) atoms. The van der Waals surface area contributed by atoms with Gasteiger partial charge in [-0.15, -0.1) is 0 Å². The Morgan fingerprint density at radius 3 is 2.42 bits per heavy atom. The molecule has 0 radical (unpaired) electrons. The summed E-state index contributed by atoms with van der Waals surface area (Å²) in [5, 5.41) is 23.4. The van der Waals surface area contributed by atoms with Crippen molar-refractivity contribution in [1.82, 2.24) is 20.2 Å². The van der Waals surface area contributed by atoms with E-state index in [1.54, 1.807) is 13.4 Å². The number of β-amino-alcohol motifs (C(OH)–C–C–N with tert-alkyl or cyclic N) is 1. The predicted molar refractivity (Wildman–Crippen MR) is 145 cm³/mol. The zero-order chi connectivity index (χ0) is 28.9. The van der Waals surface area contributed by atoms with E-state index in [1.165, 1.54) is 5.56 Å². The van der Waals surface area contributed by atoms with Gasteiger partial charge >= 0.3 is 12.1 Å². The molecule has 13 heteroatoms. The van der Waals surface area contributed by atoms with Gasteiger partial charge in [-0.25, -0.2) is 14.8 Å². The molecule has 2 fully saturated rings. The molecule has 0 amide bonds. The first-order valence-electron chi connectivity index (χ1n) is 12.8. The molecular weight excluding hydrogens is 551 g/mol. The first-order valence-corrected chi connectivity index (χ1v) is 13.2. The normalized spacial score (nSPS) is 20.3. The summed E-state index contributed by atoms with van der Waals surface area (Å²) in [5.41, 5.74) is 2.17. The number of ether oxygens (including phenoxy) is 1. The molecule has 0 spiro atoms. The van der Waals surface area contributed by atoms with Gasteiger partial charge in [0.15, 0.2) is 0 Å². The Labute approximate surface area is 234 Å². The molecule has 2 aliphatic heterocycles. The minimum atomic E-state index is -5.08. The lowest BCUT2D eigenvalue weighted by atomic mass is 10.0. The molecule has 3 N–H and O–H groups in total. The topological polar surface area (TPSA) is 111 Å². The van der Waals surface area contributed by atoms with Crippen molar-refractivity contribution in [2.75, 3.05) is 38.2 Å². The van der Waals surface area contributed by atoms with E-state index < -0.39 is 18.2 Å². The van der Waals surface area contributed by atoms with Crippen molar-refractivity contribution in [2.45, 2.75) is 43.8 Å². The van der Waals surface area contributed by atoms with Crippen LogP contribution in [0.15, 0.2) is 48.8 Å². The molecule has 2 saturated heterocycles. The lowest BCUT2D eigenvalue weighted by Gasteiger charge is -2.34. The number of hydrogen-bond donors (Lipinski definition) is 3. The second-order valence-corrected chi connectivity index (χ2v) is 10.2. The fraction of sp³-hybridized carbons (Fsp3) is 0.444. The Kier molecular flexibility index (Phi) is 9.67. The molecule has 9 nitrogen and oxygen atoms in total. The Balaban J connectivity index is 0.000000470. The van der Waals surface area contributed by atoms with Crippen molar-refractivity contribution >= 4 is 34.3 Å². The number of aliphatic hydroxyl groups is 1. The molecule has 3 heterocycles. The van der Waals surface area contributed by atoms with Gasteiger partial charge in [0.25, 0.3) is 0 Å². The maximum absolute atomic E-state index is 10.8. The highest BCUT2D eigenvalue weighted by molar-refractivity contribution is 6.30. The summed E-state index contributed by atoms with van der Waals surface area (Å²) in [7, 11) is 1.66. The van der Waals surface area contributed by atoms with Gasteiger partial charge in [-0.1, -0.05) is 23.7 Å². The number of nitrogens with one attached hydrogen (secondary N) is 1. The molecule has 0 bridgehead atoms. The number of benzene rings is 2. The molecule has 0 aliphatic carbocycles. The zero-order valence-electron chi connectivity index (χ0n) is 21.8. The SMILES string of the molecule is COc1ccc2ncnc(N3CC(NC4CCN(Cc5ccc(Cl)cc5)CC4)[C@H](O)C3)c2c1.O=C(O)C(F)(F)F. The van der Waals surface area contributed by atoms with E-state index >= 15 is 0 Å². The van der Waals surface area contributed by atoms with Gasteiger partial charge in [-0.05, 0) is 61.8 Å². The van der Waals surface area contributed by atoms with Crippen molar-refractivity contribution in [3.8, 4) is 5.75 Å². The van der Waals surface area contributed by atoms with Crippen molar-refractivity contribution in [3.05, 3.63) is 59.4 Å². The van der Waals surface area contributed by atoms with Crippen LogP contribution in [0.3, 0.4) is 0 Å². The van der Waals surface area contributed by atoms with Gasteiger partial charge in [0.05, 0.1) is 24.8 Å². The Bertz CT molecular complexity index is 1290. The van der Waals surface area contributed by atoms with Crippen molar-refractivity contribution in [3.63, 3.8) is 0 Å². The second kappa shape index (κ2) is 13.0. The average Bonchev–Trinajstić information content (AvgIpc) is 3.29. The number of halogens is 4. The van der Waals surface area contributed by atoms with Crippen LogP contribution in [-0.2, 0) is 11.3 Å². The second-order valence-electron chi connectivity index (χ2n) is 9.81. The number of hydrogen-bond acceptors (Lipinski definition) is 8. The molecule has 216 valence electrons. The number of nitrogens with zero attached hydrogens (tertiary/aromatic N) is 4. The van der Waals surface area contributed by atoms with Crippen molar-refractivity contribution < 1.29 is 32.9 Å². The molecule has 2 aliphatic rings. The number of fused-ring (bicyclic) bond motifs is 1. The van der Waals surface area contributed by atoms with E-state index in [-0.39, 0.29) is 6.04 Å². The standard InChI is InChI=1S/C25H30ClN5O2.C2HF3O2/c1-33-20-6-7-22-21(12-20)25(28-16-27-22)31-14-23(24(32)15-31)29-19-8-10-30(11-9-19)13-17-2-4-18(26)5-3-17;3-2(4,5)1(6)7/h2-7,12,16,19,23-24,29,32H,8-11,13-15H2,1H3;(H,6,7)/t23?,24-;/m1./s1. The van der Waals surface area contributed by atoms with Gasteiger partial charge in [-0.2, -0.15) is 13.2 Å². The quantitative estimate of drug-likeness (QED) is 0.401. The molecule has 0 saturated carbocycles. The minimum Gasteiger partial charge on any atom is -0.497 e. The van der Waals surface area contributed by atoms with E-state index in [4.69, 9.17) is 26.2 Å². The number of aliphatic hydroxyl groups excluding tert-OH is 1. The van der Waals surface area contributed by atoms with Crippen LogP contribution >= 0.6 is 11.6 Å². The first kappa shape index (κ1) is 29.8. The van der Waals surface area contributed by atoms with Crippen molar-refractivity contribution in [2.24, 2.45) is 0 Å². The summed E-state index contributed by atoms with van der Waals surface area (Å²) in [6.45, 7) is 4.31. The van der Waals surface area contributed by atoms with Crippen LogP contribution in [0.1, 0.15) is 18.4 Å². The largest absolute Gasteiger partial charge is 0.497 e. The highest BCUT2D eigenvalue weighted by Gasteiger charge is 2.38. The van der Waals surface area contributed by atoms with Gasteiger partial charge in [0.1, 0.15) is 17.9 Å². The number of rotatable bonds is 6. The van der Waals surface area contributed by atoms with E-state index in [0.717, 1.165) is 66.5 Å². The van der Waals surface area contributed by atoms with E-state index in [1.807, 2.05) is 30.3 Å². The van der Waals surface area contributed by atoms with Crippen LogP contribution in [0.2, 0.25) is 5.02 Å². The lowest BCUT2D eigenvalue weighted by Crippen LogP contribution is -2.49. The highest BCUT2D eigenvalue weighted by Crippen LogP contribution is 2.29. The lowest BCUT2D eigenvalue weighted by molar-refractivity contribution is -0.192. The summed E-state index contributed by atoms with van der Waals surface area (Å²) in [6, 6.07) is 14.4. The number of aliphatic carboxylic acids is 1. The molecule has 2 aromatic carbocycles. The Hall–Kier alpha value is -3.19. The molecule has 5 rings (SSSR count). The predicted octanol–water partition coefficient (Wildman–Crippen LogP) is 3.73. The fourth-order valence-electron chi connectivity index (χ4n) is 4.93. The van der Waals surface area contributed by atoms with Gasteiger partial charge < -0.3 is 25.2 Å². The van der Waals surface area contributed by atoms with Crippen LogP contribution < -0.4 is 15.0 Å². The monoisotopic (exact) mass is 581 g/mol. The number of carboxylic acid groups (broad SMARTS) is 1. The third-order valence-corrected chi connectivity index (χ3v) is 7.26. The summed E-state index contributed by atoms with van der Waals surface area (Å²) in [4.78, 5) is 22.5. The fourth-order valence-corrected chi connectivity index (χ4v) is 5.06. The van der Waals surface area contributed by atoms with Gasteiger partial charge in [0, 0.05) is 36.1 Å². The molecule has 3 aromatic rings. The maximum atomic E-state index is 10.8. The number of carboxylic acids is 1. The number of alkyl halides is 3. The number of methoxy groups -OCH3 is 1. The smallest absolute Gasteiger partial charge is 0.490 e. The summed E-state index contributed by atoms with van der Waals surface area (Å²) in [5.74, 6) is -1.13. The number of anilines is 1. The van der Waals surface area contributed by atoms with Crippen LogP contribution in [0.5, 0.6) is 5.75 Å². The Morgan fingerprint density at radius 2 is 1.80 bits per heavy atom. The first-order chi connectivity index (χ1) is 19.0. The highest BCUT2D eigenvalue weighted by atomic mass is 35.5. The van der Waals surface area contributed by atoms with Gasteiger partial charge in [0.2, 0.25) is 0 Å². The number of carbonyl (C=O) groups is 1.